The Morgan fingerprint density at radius 1 is 1.33 bits per heavy atom. The van der Waals surface area contributed by atoms with E-state index in [9.17, 15) is 8.42 Å². The van der Waals surface area contributed by atoms with Gasteiger partial charge in [-0.15, -0.1) is 0 Å². The zero-order chi connectivity index (χ0) is 15.7. The zero-order valence-corrected chi connectivity index (χ0v) is 14.2. The second-order valence-electron chi connectivity index (χ2n) is 6.62. The minimum Gasteiger partial charge on any atom is -0.313 e. The van der Waals surface area contributed by atoms with Crippen molar-refractivity contribution in [1.29, 1.82) is 0 Å². The number of nitrogens with one attached hydrogen (secondary N) is 2. The molecule has 0 aliphatic heterocycles. The van der Waals surface area contributed by atoms with E-state index in [1.165, 1.54) is 0 Å². The summed E-state index contributed by atoms with van der Waals surface area (Å²) < 4.78 is 27.8. The second-order valence-corrected chi connectivity index (χ2v) is 8.36. The average Bonchev–Trinajstić information content (AvgIpc) is 3.03. The molecule has 0 spiro atoms. The summed E-state index contributed by atoms with van der Waals surface area (Å²) in [6, 6.07) is 5.63. The molecule has 2 rings (SSSR count). The van der Waals surface area contributed by atoms with Crippen molar-refractivity contribution >= 4 is 10.0 Å². The van der Waals surface area contributed by atoms with Crippen LogP contribution in [0.4, 0.5) is 0 Å². The van der Waals surface area contributed by atoms with Gasteiger partial charge in [-0.1, -0.05) is 32.9 Å². The minimum atomic E-state index is -3.42. The number of sulfonamides is 1. The number of hydrogen-bond donors (Lipinski definition) is 2. The van der Waals surface area contributed by atoms with Gasteiger partial charge in [0.1, 0.15) is 0 Å². The van der Waals surface area contributed by atoms with Gasteiger partial charge in [0.15, 0.2) is 0 Å². The number of benzene rings is 1. The van der Waals surface area contributed by atoms with Crippen LogP contribution in [0.3, 0.4) is 0 Å². The zero-order valence-electron chi connectivity index (χ0n) is 13.4. The summed E-state index contributed by atoms with van der Waals surface area (Å²) in [5, 5.41) is 3.22. The van der Waals surface area contributed by atoms with Crippen LogP contribution in [0.1, 0.15) is 38.3 Å². The van der Waals surface area contributed by atoms with Crippen LogP contribution in [0.5, 0.6) is 0 Å². The Labute approximate surface area is 128 Å². The van der Waals surface area contributed by atoms with Crippen molar-refractivity contribution < 1.29 is 8.42 Å². The highest BCUT2D eigenvalue weighted by molar-refractivity contribution is 7.89. The van der Waals surface area contributed by atoms with Crippen LogP contribution < -0.4 is 10.0 Å². The molecule has 1 unspecified atom stereocenters. The van der Waals surface area contributed by atoms with Crippen molar-refractivity contribution in [2.75, 3.05) is 13.1 Å². The molecule has 0 saturated heterocycles. The van der Waals surface area contributed by atoms with Crippen LogP contribution in [-0.2, 0) is 16.6 Å². The molecule has 1 aliphatic carbocycles. The minimum absolute atomic E-state index is 0.282. The summed E-state index contributed by atoms with van der Waals surface area (Å²) in [5.74, 6) is 0.456. The van der Waals surface area contributed by atoms with Gasteiger partial charge in [0.2, 0.25) is 10.0 Å². The van der Waals surface area contributed by atoms with Gasteiger partial charge in [-0.2, -0.15) is 0 Å². The van der Waals surface area contributed by atoms with Gasteiger partial charge in [-0.05, 0) is 48.4 Å². The molecule has 1 atom stereocenters. The molecule has 5 heteroatoms. The Morgan fingerprint density at radius 3 is 2.57 bits per heavy atom. The Morgan fingerprint density at radius 2 is 2.00 bits per heavy atom. The van der Waals surface area contributed by atoms with Crippen molar-refractivity contribution in [3.63, 3.8) is 0 Å². The molecule has 1 aliphatic rings. The first-order valence-electron chi connectivity index (χ1n) is 7.56. The van der Waals surface area contributed by atoms with Crippen LogP contribution in [0.25, 0.3) is 0 Å². The first kappa shape index (κ1) is 16.5. The van der Waals surface area contributed by atoms with E-state index in [2.05, 4.69) is 23.9 Å². The van der Waals surface area contributed by atoms with Gasteiger partial charge >= 0.3 is 0 Å². The lowest BCUT2D eigenvalue weighted by Crippen LogP contribution is -2.27. The average molecular weight is 310 g/mol. The van der Waals surface area contributed by atoms with Gasteiger partial charge in [0.25, 0.3) is 0 Å². The predicted octanol–water partition coefficient (Wildman–Crippen LogP) is 2.43. The third-order valence-corrected chi connectivity index (χ3v) is 5.92. The molecule has 0 heterocycles. The highest BCUT2D eigenvalue weighted by Gasteiger charge is 2.45. The molecule has 0 radical (unpaired) electrons. The first-order chi connectivity index (χ1) is 9.76. The molecule has 0 bridgehead atoms. The highest BCUT2D eigenvalue weighted by Crippen LogP contribution is 2.51. The lowest BCUT2D eigenvalue weighted by atomic mass is 10.1. The van der Waals surface area contributed by atoms with Crippen molar-refractivity contribution in [3.05, 3.63) is 29.3 Å². The van der Waals surface area contributed by atoms with Crippen molar-refractivity contribution in [1.82, 2.24) is 10.0 Å². The molecule has 0 amide bonds. The molecule has 21 heavy (non-hydrogen) atoms. The van der Waals surface area contributed by atoms with Gasteiger partial charge in [0.05, 0.1) is 4.90 Å². The summed E-state index contributed by atoms with van der Waals surface area (Å²) in [5.41, 5.74) is 2.07. The van der Waals surface area contributed by atoms with Crippen LogP contribution in [-0.4, -0.2) is 21.5 Å². The van der Waals surface area contributed by atoms with E-state index < -0.39 is 10.0 Å². The third kappa shape index (κ3) is 4.05. The molecule has 1 aromatic rings. The van der Waals surface area contributed by atoms with Crippen LogP contribution >= 0.6 is 0 Å². The number of aryl methyl sites for hydroxylation is 1. The van der Waals surface area contributed by atoms with E-state index in [0.29, 0.717) is 23.9 Å². The van der Waals surface area contributed by atoms with Crippen LogP contribution in [0, 0.1) is 18.3 Å². The van der Waals surface area contributed by atoms with Gasteiger partial charge in [-0.25, -0.2) is 13.1 Å². The molecule has 118 valence electrons. The van der Waals surface area contributed by atoms with E-state index >= 15 is 0 Å². The van der Waals surface area contributed by atoms with Crippen LogP contribution in [0.15, 0.2) is 23.1 Å². The van der Waals surface area contributed by atoms with Crippen molar-refractivity contribution in [2.45, 2.75) is 45.6 Å². The molecular formula is C16H26N2O2S. The lowest BCUT2D eigenvalue weighted by molar-refractivity contribution is 0.537. The molecule has 1 aromatic carbocycles. The summed E-state index contributed by atoms with van der Waals surface area (Å²) >= 11 is 0. The van der Waals surface area contributed by atoms with E-state index in [4.69, 9.17) is 0 Å². The normalized spacial score (nSPS) is 20.5. The van der Waals surface area contributed by atoms with Gasteiger partial charge < -0.3 is 5.32 Å². The lowest BCUT2D eigenvalue weighted by Gasteiger charge is -2.12. The van der Waals surface area contributed by atoms with Gasteiger partial charge in [-0.3, -0.25) is 0 Å². The standard InChI is InChI=1S/C16H26N2O2S/c1-5-17-10-13-7-6-12(2)15(8-13)21(19,20)18-11-14-9-16(14,3)4/h6-8,14,17-18H,5,9-11H2,1-4H3. The Bertz CT molecular complexity index is 609. The molecule has 0 aromatic heterocycles. The number of hydrogen-bond acceptors (Lipinski definition) is 3. The van der Waals surface area contributed by atoms with E-state index in [1.54, 1.807) is 6.07 Å². The molecule has 1 saturated carbocycles. The maximum absolute atomic E-state index is 12.5. The van der Waals surface area contributed by atoms with E-state index in [0.717, 1.165) is 24.1 Å². The van der Waals surface area contributed by atoms with Crippen molar-refractivity contribution in [3.8, 4) is 0 Å². The monoisotopic (exact) mass is 310 g/mol. The topological polar surface area (TPSA) is 58.2 Å². The SMILES string of the molecule is CCNCc1ccc(C)c(S(=O)(=O)NCC2CC2(C)C)c1. The van der Waals surface area contributed by atoms with E-state index in [-0.39, 0.29) is 5.41 Å². The fourth-order valence-corrected chi connectivity index (χ4v) is 3.90. The molecule has 1 fully saturated rings. The summed E-state index contributed by atoms with van der Waals surface area (Å²) in [4.78, 5) is 0.399. The molecule has 4 nitrogen and oxygen atoms in total. The summed E-state index contributed by atoms with van der Waals surface area (Å²) in [6.45, 7) is 10.3. The maximum atomic E-state index is 12.5. The molecule has 2 N–H and O–H groups in total. The summed E-state index contributed by atoms with van der Waals surface area (Å²) in [6.07, 6.45) is 1.09. The summed E-state index contributed by atoms with van der Waals surface area (Å²) in [7, 11) is -3.42. The van der Waals surface area contributed by atoms with E-state index in [1.807, 2.05) is 26.0 Å². The second kappa shape index (κ2) is 6.07. The predicted molar refractivity (Wildman–Crippen MR) is 85.6 cm³/mol. The fraction of sp³-hybridized carbons (Fsp3) is 0.625. The fourth-order valence-electron chi connectivity index (χ4n) is 2.53. The van der Waals surface area contributed by atoms with Crippen LogP contribution in [0.2, 0.25) is 0 Å². The quantitative estimate of drug-likeness (QED) is 0.813. The largest absolute Gasteiger partial charge is 0.313 e. The highest BCUT2D eigenvalue weighted by atomic mass is 32.2. The Kier molecular flexibility index (Phi) is 4.76. The number of rotatable bonds is 7. The Hall–Kier alpha value is -0.910. The molecular weight excluding hydrogens is 284 g/mol. The van der Waals surface area contributed by atoms with Crippen molar-refractivity contribution in [2.24, 2.45) is 11.3 Å². The Balaban J connectivity index is 2.11. The smallest absolute Gasteiger partial charge is 0.240 e. The first-order valence-corrected chi connectivity index (χ1v) is 9.04. The van der Waals surface area contributed by atoms with Gasteiger partial charge in [0, 0.05) is 13.1 Å². The maximum Gasteiger partial charge on any atom is 0.240 e. The third-order valence-electron chi connectivity index (χ3n) is 4.36.